The molecule has 3 nitrogen and oxygen atoms in total. The molecule has 2 aromatic rings. The van der Waals surface area contributed by atoms with Gasteiger partial charge in [-0.2, -0.15) is 0 Å². The van der Waals surface area contributed by atoms with Crippen molar-refractivity contribution in [2.75, 3.05) is 6.61 Å². The molecular weight excluding hydrogens is 418 g/mol. The second-order valence-electron chi connectivity index (χ2n) is 8.87. The van der Waals surface area contributed by atoms with Crippen molar-refractivity contribution in [3.63, 3.8) is 0 Å². The van der Waals surface area contributed by atoms with Gasteiger partial charge in [0.05, 0.1) is 5.52 Å². The van der Waals surface area contributed by atoms with Gasteiger partial charge in [-0.1, -0.05) is 37.9 Å². The zero-order valence-electron chi connectivity index (χ0n) is 16.6. The lowest BCUT2D eigenvalue weighted by Crippen LogP contribution is -2.29. The smallest absolute Gasteiger partial charge is 0.125 e. The molecule has 1 heterocycles. The van der Waals surface area contributed by atoms with Crippen molar-refractivity contribution < 1.29 is 9.84 Å². The third-order valence-corrected chi connectivity index (χ3v) is 7.52. The number of hydrogen-bond donors (Lipinski definition) is 1. The van der Waals surface area contributed by atoms with Gasteiger partial charge in [0.2, 0.25) is 0 Å². The summed E-state index contributed by atoms with van der Waals surface area (Å²) in [6, 6.07) is 7.40. The van der Waals surface area contributed by atoms with Crippen LogP contribution in [0.1, 0.15) is 37.7 Å². The van der Waals surface area contributed by atoms with E-state index in [9.17, 15) is 5.11 Å². The predicted octanol–water partition coefficient (Wildman–Crippen LogP) is 5.76. The van der Waals surface area contributed by atoms with Crippen LogP contribution in [0.25, 0.3) is 10.9 Å². The van der Waals surface area contributed by atoms with E-state index >= 15 is 0 Å². The zero-order chi connectivity index (χ0) is 19.5. The van der Waals surface area contributed by atoms with Gasteiger partial charge in [-0.3, -0.25) is 0 Å². The van der Waals surface area contributed by atoms with E-state index < -0.39 is 13.7 Å². The molecule has 0 unspecified atom stereocenters. The first-order chi connectivity index (χ1) is 12.8. The van der Waals surface area contributed by atoms with Crippen LogP contribution in [0.15, 0.2) is 28.9 Å². The van der Waals surface area contributed by atoms with Crippen LogP contribution in [0.2, 0.25) is 25.7 Å². The zero-order valence-corrected chi connectivity index (χ0v) is 19.2. The van der Waals surface area contributed by atoms with Crippen molar-refractivity contribution in [3.05, 3.63) is 34.4 Å². The molecule has 0 atom stereocenters. The summed E-state index contributed by atoms with van der Waals surface area (Å²) in [5, 5.41) is 11.7. The normalized spacial score (nSPS) is 16.9. The number of aliphatic hydroxyl groups is 1. The van der Waals surface area contributed by atoms with Gasteiger partial charge < -0.3 is 14.4 Å². The van der Waals surface area contributed by atoms with Crippen LogP contribution in [0.3, 0.4) is 0 Å². The molecule has 1 aliphatic carbocycles. The Hall–Kier alpha value is -1.06. The minimum Gasteiger partial charge on any atom is -0.378 e. The first kappa shape index (κ1) is 20.7. The summed E-state index contributed by atoms with van der Waals surface area (Å²) in [5.41, 5.74) is 1.28. The fraction of sp³-hybridized carbons (Fsp3) is 0.545. The fourth-order valence-electron chi connectivity index (χ4n) is 3.43. The Balaban J connectivity index is 1.72. The second kappa shape index (κ2) is 8.53. The highest BCUT2D eigenvalue weighted by Gasteiger charge is 2.26. The Morgan fingerprint density at radius 1 is 1.22 bits per heavy atom. The molecular formula is C22H30BrNO2Si. The topological polar surface area (TPSA) is 34.4 Å². The van der Waals surface area contributed by atoms with E-state index in [1.165, 1.54) is 12.5 Å². The van der Waals surface area contributed by atoms with Crippen LogP contribution >= 0.6 is 15.9 Å². The number of ether oxygens (including phenoxy) is 1. The van der Waals surface area contributed by atoms with E-state index in [0.29, 0.717) is 6.73 Å². The molecule has 5 heteroatoms. The van der Waals surface area contributed by atoms with E-state index in [1.54, 1.807) is 0 Å². The molecule has 0 amide bonds. The van der Waals surface area contributed by atoms with Crippen molar-refractivity contribution in [1.82, 2.24) is 4.57 Å². The molecule has 0 radical (unpaired) electrons. The van der Waals surface area contributed by atoms with Crippen LogP contribution in [0, 0.1) is 11.8 Å². The molecule has 0 saturated heterocycles. The number of fused-ring (bicyclic) bond motifs is 1. The molecule has 0 spiro atoms. The van der Waals surface area contributed by atoms with Crippen LogP contribution in [-0.2, 0) is 11.5 Å². The van der Waals surface area contributed by atoms with Gasteiger partial charge in [-0.25, -0.2) is 0 Å². The SMILES string of the molecule is C[Si](C)(C)CCOCn1cc(Br)c2cc(C#CC3(O)CCCCC3)ccc21. The lowest BCUT2D eigenvalue weighted by Gasteiger charge is -2.26. The second-order valence-corrected chi connectivity index (χ2v) is 15.3. The lowest BCUT2D eigenvalue weighted by atomic mass is 9.85. The summed E-state index contributed by atoms with van der Waals surface area (Å²) < 4.78 is 9.09. The molecule has 27 heavy (non-hydrogen) atoms. The number of benzene rings is 1. The molecule has 1 aliphatic rings. The van der Waals surface area contributed by atoms with E-state index in [2.05, 4.69) is 70.3 Å². The van der Waals surface area contributed by atoms with Gasteiger partial charge >= 0.3 is 0 Å². The van der Waals surface area contributed by atoms with Crippen molar-refractivity contribution in [2.45, 2.75) is 70.1 Å². The molecule has 1 saturated carbocycles. The highest BCUT2D eigenvalue weighted by molar-refractivity contribution is 9.10. The molecule has 146 valence electrons. The van der Waals surface area contributed by atoms with Gasteiger partial charge in [0, 0.05) is 36.3 Å². The minimum atomic E-state index is -1.06. The maximum absolute atomic E-state index is 10.6. The fourth-order valence-corrected chi connectivity index (χ4v) is 4.75. The Morgan fingerprint density at radius 3 is 2.67 bits per heavy atom. The summed E-state index contributed by atoms with van der Waals surface area (Å²) in [4.78, 5) is 0. The average molecular weight is 448 g/mol. The molecule has 1 aromatic heterocycles. The summed E-state index contributed by atoms with van der Waals surface area (Å²) in [5.74, 6) is 6.32. The molecule has 0 bridgehead atoms. The first-order valence-corrected chi connectivity index (χ1v) is 14.4. The van der Waals surface area contributed by atoms with Crippen molar-refractivity contribution >= 4 is 34.9 Å². The summed E-state index contributed by atoms with van der Waals surface area (Å²) in [6.45, 7) is 8.48. The minimum absolute atomic E-state index is 0.567. The van der Waals surface area contributed by atoms with E-state index in [0.717, 1.165) is 53.2 Å². The van der Waals surface area contributed by atoms with E-state index in [-0.39, 0.29) is 0 Å². The van der Waals surface area contributed by atoms with Gasteiger partial charge in [0.15, 0.2) is 0 Å². The number of halogens is 1. The number of aromatic nitrogens is 1. The number of nitrogens with zero attached hydrogens (tertiary/aromatic N) is 1. The first-order valence-electron chi connectivity index (χ1n) is 9.88. The summed E-state index contributed by atoms with van der Waals surface area (Å²) in [7, 11) is -1.06. The third kappa shape index (κ3) is 5.71. The highest BCUT2D eigenvalue weighted by atomic mass is 79.9. The predicted molar refractivity (Wildman–Crippen MR) is 119 cm³/mol. The molecule has 1 fully saturated rings. The standard InChI is InChI=1S/C22H30BrNO2Si/c1-27(2,3)14-13-26-17-24-16-20(23)19-15-18(7-8-21(19)24)9-12-22(25)10-5-4-6-11-22/h7-8,15-16,25H,4-6,10-11,13-14,17H2,1-3H3. The largest absolute Gasteiger partial charge is 0.378 e. The third-order valence-electron chi connectivity index (χ3n) is 5.18. The Bertz CT molecular complexity index is 851. The quantitative estimate of drug-likeness (QED) is 0.358. The van der Waals surface area contributed by atoms with Crippen LogP contribution in [0.5, 0.6) is 0 Å². The van der Waals surface area contributed by atoms with Crippen molar-refractivity contribution in [2.24, 2.45) is 0 Å². The maximum atomic E-state index is 10.6. The lowest BCUT2D eigenvalue weighted by molar-refractivity contribution is 0.0610. The maximum Gasteiger partial charge on any atom is 0.125 e. The van der Waals surface area contributed by atoms with E-state index in [1.807, 2.05) is 6.07 Å². The molecule has 1 N–H and O–H groups in total. The number of rotatable bonds is 5. The monoisotopic (exact) mass is 447 g/mol. The molecule has 1 aromatic carbocycles. The van der Waals surface area contributed by atoms with Crippen molar-refractivity contribution in [3.8, 4) is 11.8 Å². The summed E-state index contributed by atoms with van der Waals surface area (Å²) >= 11 is 3.66. The van der Waals surface area contributed by atoms with Gasteiger partial charge in [-0.15, -0.1) is 0 Å². The van der Waals surface area contributed by atoms with Gasteiger partial charge in [0.1, 0.15) is 12.3 Å². The van der Waals surface area contributed by atoms with Crippen LogP contribution in [0.4, 0.5) is 0 Å². The number of hydrogen-bond acceptors (Lipinski definition) is 2. The Labute approximate surface area is 172 Å². The van der Waals surface area contributed by atoms with Crippen LogP contribution in [-0.4, -0.2) is 30.0 Å². The van der Waals surface area contributed by atoms with Gasteiger partial charge in [-0.05, 0) is 65.9 Å². The molecule has 0 aliphatic heterocycles. The highest BCUT2D eigenvalue weighted by Crippen LogP contribution is 2.29. The molecule has 3 rings (SSSR count). The van der Waals surface area contributed by atoms with Crippen molar-refractivity contribution in [1.29, 1.82) is 0 Å². The Morgan fingerprint density at radius 2 is 1.96 bits per heavy atom. The van der Waals surface area contributed by atoms with Crippen LogP contribution < -0.4 is 0 Å². The summed E-state index contributed by atoms with van der Waals surface area (Å²) in [6.07, 6.45) is 6.99. The van der Waals surface area contributed by atoms with Gasteiger partial charge in [0.25, 0.3) is 0 Å². The average Bonchev–Trinajstić information content (AvgIpc) is 2.93. The van der Waals surface area contributed by atoms with E-state index in [4.69, 9.17) is 4.74 Å². The Kier molecular flexibility index (Phi) is 6.53.